The van der Waals surface area contributed by atoms with Crippen molar-refractivity contribution < 1.29 is 18.7 Å². The van der Waals surface area contributed by atoms with Crippen LogP contribution < -0.4 is 0 Å². The number of hydrogen-bond acceptors (Lipinski definition) is 6. The molecule has 1 N–H and O–H groups in total. The summed E-state index contributed by atoms with van der Waals surface area (Å²) >= 11 is 1.27. The smallest absolute Gasteiger partial charge is 0.230 e. The molecule has 1 aliphatic rings. The predicted molar refractivity (Wildman–Crippen MR) is 104 cm³/mol. The topological polar surface area (TPSA) is 74.0 Å². The SMILES string of the molecule is CCc1nc2sc(C(c3ccc(F)c(F)c3)N3CCN(C(C)=O)CC3)c(O)n2n1. The summed E-state index contributed by atoms with van der Waals surface area (Å²) in [5, 5.41) is 15.1. The molecule has 1 saturated heterocycles. The Labute approximate surface area is 170 Å². The van der Waals surface area contributed by atoms with Crippen LogP contribution in [-0.4, -0.2) is 61.6 Å². The molecule has 1 amide bonds. The Bertz CT molecular complexity index is 1060. The zero-order chi connectivity index (χ0) is 20.7. The van der Waals surface area contributed by atoms with Crippen molar-refractivity contribution in [2.24, 2.45) is 0 Å². The lowest BCUT2D eigenvalue weighted by molar-refractivity contribution is -0.130. The van der Waals surface area contributed by atoms with E-state index in [-0.39, 0.29) is 11.8 Å². The average Bonchev–Trinajstić information content (AvgIpc) is 3.25. The van der Waals surface area contributed by atoms with E-state index in [2.05, 4.69) is 15.0 Å². The van der Waals surface area contributed by atoms with Crippen molar-refractivity contribution in [3.63, 3.8) is 0 Å². The highest BCUT2D eigenvalue weighted by Crippen LogP contribution is 2.40. The number of fused-ring (bicyclic) bond motifs is 1. The van der Waals surface area contributed by atoms with Gasteiger partial charge in [0.25, 0.3) is 0 Å². The zero-order valence-electron chi connectivity index (χ0n) is 16.1. The highest BCUT2D eigenvalue weighted by molar-refractivity contribution is 7.17. The second-order valence-electron chi connectivity index (χ2n) is 6.98. The fraction of sp³-hybridized carbons (Fsp3) is 0.421. The normalized spacial score (nSPS) is 16.5. The third kappa shape index (κ3) is 3.58. The Morgan fingerprint density at radius 3 is 2.55 bits per heavy atom. The van der Waals surface area contributed by atoms with Crippen molar-refractivity contribution in [2.75, 3.05) is 26.2 Å². The van der Waals surface area contributed by atoms with Gasteiger partial charge in [-0.15, -0.1) is 5.10 Å². The van der Waals surface area contributed by atoms with Crippen LogP contribution >= 0.6 is 11.3 Å². The number of aromatic nitrogens is 3. The second-order valence-corrected chi connectivity index (χ2v) is 7.99. The summed E-state index contributed by atoms with van der Waals surface area (Å²) in [6.45, 7) is 5.58. The molecular weight excluding hydrogens is 400 g/mol. The summed E-state index contributed by atoms with van der Waals surface area (Å²) in [5.41, 5.74) is 0.524. The summed E-state index contributed by atoms with van der Waals surface area (Å²) < 4.78 is 28.9. The minimum absolute atomic E-state index is 0.00256. The Morgan fingerprint density at radius 2 is 1.97 bits per heavy atom. The number of aryl methyl sites for hydroxylation is 1. The van der Waals surface area contributed by atoms with Crippen molar-refractivity contribution in [3.05, 3.63) is 46.1 Å². The van der Waals surface area contributed by atoms with Crippen molar-refractivity contribution in [1.82, 2.24) is 24.4 Å². The van der Waals surface area contributed by atoms with Gasteiger partial charge in [0.2, 0.25) is 16.7 Å². The average molecular weight is 421 g/mol. The largest absolute Gasteiger partial charge is 0.492 e. The summed E-state index contributed by atoms with van der Waals surface area (Å²) in [6.07, 6.45) is 0.642. The molecule has 1 atom stereocenters. The van der Waals surface area contributed by atoms with Gasteiger partial charge >= 0.3 is 0 Å². The van der Waals surface area contributed by atoms with E-state index in [1.165, 1.54) is 28.8 Å². The fourth-order valence-electron chi connectivity index (χ4n) is 3.62. The molecule has 4 rings (SSSR count). The molecule has 1 aliphatic heterocycles. The molecule has 154 valence electrons. The lowest BCUT2D eigenvalue weighted by Crippen LogP contribution is -2.49. The molecule has 3 heterocycles. The van der Waals surface area contributed by atoms with E-state index < -0.39 is 17.7 Å². The van der Waals surface area contributed by atoms with Crippen LogP contribution in [-0.2, 0) is 11.2 Å². The molecule has 2 aromatic heterocycles. The van der Waals surface area contributed by atoms with E-state index in [0.717, 1.165) is 12.1 Å². The van der Waals surface area contributed by atoms with Crippen molar-refractivity contribution in [3.8, 4) is 5.88 Å². The van der Waals surface area contributed by atoms with Crippen LogP contribution in [0.4, 0.5) is 8.78 Å². The van der Waals surface area contributed by atoms with E-state index >= 15 is 0 Å². The Morgan fingerprint density at radius 1 is 1.24 bits per heavy atom. The van der Waals surface area contributed by atoms with Crippen LogP contribution in [0.3, 0.4) is 0 Å². The summed E-state index contributed by atoms with van der Waals surface area (Å²) in [5.74, 6) is -1.29. The number of hydrogen-bond donors (Lipinski definition) is 1. The summed E-state index contributed by atoms with van der Waals surface area (Å²) in [6, 6.07) is 3.27. The number of rotatable bonds is 4. The summed E-state index contributed by atoms with van der Waals surface area (Å²) in [4.78, 5) is 21.0. The molecule has 1 fully saturated rings. The van der Waals surface area contributed by atoms with E-state index in [0.29, 0.717) is 53.8 Å². The molecule has 1 unspecified atom stereocenters. The van der Waals surface area contributed by atoms with Crippen molar-refractivity contribution in [2.45, 2.75) is 26.3 Å². The molecule has 0 saturated carbocycles. The Balaban J connectivity index is 1.76. The number of piperazine rings is 1. The van der Waals surface area contributed by atoms with Gasteiger partial charge in [-0.2, -0.15) is 4.52 Å². The van der Waals surface area contributed by atoms with E-state index in [1.807, 2.05) is 6.92 Å². The van der Waals surface area contributed by atoms with E-state index in [1.54, 1.807) is 4.90 Å². The number of amides is 1. The number of carbonyl (C=O) groups is 1. The molecule has 29 heavy (non-hydrogen) atoms. The van der Waals surface area contributed by atoms with E-state index in [9.17, 15) is 18.7 Å². The van der Waals surface area contributed by atoms with Crippen molar-refractivity contribution in [1.29, 1.82) is 0 Å². The third-order valence-corrected chi connectivity index (χ3v) is 6.26. The van der Waals surface area contributed by atoms with Crippen LogP contribution in [0.2, 0.25) is 0 Å². The molecule has 1 aromatic carbocycles. The van der Waals surface area contributed by atoms with Gasteiger partial charge in [0, 0.05) is 39.5 Å². The van der Waals surface area contributed by atoms with Gasteiger partial charge in [-0.3, -0.25) is 9.69 Å². The van der Waals surface area contributed by atoms with Crippen LogP contribution in [0.5, 0.6) is 5.88 Å². The second kappa shape index (κ2) is 7.68. The first kappa shape index (κ1) is 19.7. The number of aromatic hydroxyl groups is 1. The monoisotopic (exact) mass is 421 g/mol. The Hall–Kier alpha value is -2.59. The number of halogens is 2. The highest BCUT2D eigenvalue weighted by Gasteiger charge is 2.32. The third-order valence-electron chi connectivity index (χ3n) is 5.19. The summed E-state index contributed by atoms with van der Waals surface area (Å²) in [7, 11) is 0. The predicted octanol–water partition coefficient (Wildman–Crippen LogP) is 2.59. The maximum Gasteiger partial charge on any atom is 0.230 e. The lowest BCUT2D eigenvalue weighted by Gasteiger charge is -2.38. The van der Waals surface area contributed by atoms with Crippen LogP contribution in [0, 0.1) is 11.6 Å². The minimum Gasteiger partial charge on any atom is -0.492 e. The number of benzene rings is 1. The fourth-order valence-corrected chi connectivity index (χ4v) is 4.76. The van der Waals surface area contributed by atoms with Crippen LogP contribution in [0.1, 0.15) is 36.2 Å². The van der Waals surface area contributed by atoms with Gasteiger partial charge < -0.3 is 10.0 Å². The number of thiazole rings is 1. The first-order valence-corrected chi connectivity index (χ1v) is 10.2. The van der Waals surface area contributed by atoms with Gasteiger partial charge in [-0.05, 0) is 17.7 Å². The molecular formula is C19H21F2N5O2S. The molecule has 3 aromatic rings. The van der Waals surface area contributed by atoms with Gasteiger partial charge in [0.1, 0.15) is 0 Å². The maximum absolute atomic E-state index is 14.0. The molecule has 10 heteroatoms. The quantitative estimate of drug-likeness (QED) is 0.701. The molecule has 0 bridgehead atoms. The number of carbonyl (C=O) groups excluding carboxylic acids is 1. The zero-order valence-corrected chi connectivity index (χ0v) is 16.9. The van der Waals surface area contributed by atoms with Gasteiger partial charge in [-0.1, -0.05) is 24.3 Å². The van der Waals surface area contributed by atoms with Gasteiger partial charge in [0.15, 0.2) is 17.5 Å². The van der Waals surface area contributed by atoms with Crippen LogP contribution in [0.25, 0.3) is 4.96 Å². The first-order chi connectivity index (χ1) is 13.9. The Kier molecular flexibility index (Phi) is 5.22. The molecule has 7 nitrogen and oxygen atoms in total. The number of nitrogens with zero attached hydrogens (tertiary/aromatic N) is 5. The van der Waals surface area contributed by atoms with E-state index in [4.69, 9.17) is 0 Å². The van der Waals surface area contributed by atoms with Gasteiger partial charge in [-0.25, -0.2) is 13.8 Å². The lowest BCUT2D eigenvalue weighted by atomic mass is 10.0. The first-order valence-electron chi connectivity index (χ1n) is 9.40. The molecule has 0 aliphatic carbocycles. The van der Waals surface area contributed by atoms with Crippen LogP contribution in [0.15, 0.2) is 18.2 Å². The highest BCUT2D eigenvalue weighted by atomic mass is 32.1. The minimum atomic E-state index is -0.943. The maximum atomic E-state index is 14.0. The standard InChI is InChI=1S/C19H21F2N5O2S/c1-3-15-22-19-26(23-15)18(28)17(29-19)16(12-4-5-13(20)14(21)10-12)25-8-6-24(7-9-25)11(2)27/h4-5,10,16,28H,3,6-9H2,1-2H3. The molecule has 0 spiro atoms. The molecule has 0 radical (unpaired) electrons. The van der Waals surface area contributed by atoms with Crippen molar-refractivity contribution >= 4 is 22.2 Å². The van der Waals surface area contributed by atoms with Gasteiger partial charge in [0.05, 0.1) is 10.9 Å².